The van der Waals surface area contributed by atoms with Gasteiger partial charge in [0.2, 0.25) is 0 Å². The number of carbonyl (C=O) groups is 2. The predicted molar refractivity (Wildman–Crippen MR) is 153 cm³/mol. The summed E-state index contributed by atoms with van der Waals surface area (Å²) in [5, 5.41) is 12.4. The standard InChI is InChI=1S/C28H27ClF3N7O5/c1-13-12-44-19(11-38(13)27(42)14(2)40)25-37-22(23-24(33)35-10-20(29)39(23)25)17-5-4-15(8-18(17)43-3)26(41)36-21-9-16(6-7-34-21)28(30,31)32/h4-10,13-14,19,40H,11-12H2,1-3H3,(H2,33,35)(H,34,36,41)/t13-,14?,19+/m0/s1. The highest BCUT2D eigenvalue weighted by Gasteiger charge is 2.36. The molecule has 4 aromatic rings. The molecule has 4 N–H and O–H groups in total. The van der Waals surface area contributed by atoms with Gasteiger partial charge in [0, 0.05) is 17.3 Å². The fourth-order valence-corrected chi connectivity index (χ4v) is 5.11. The number of anilines is 2. The Hall–Kier alpha value is -4.47. The van der Waals surface area contributed by atoms with E-state index in [1.54, 1.807) is 11.3 Å². The van der Waals surface area contributed by atoms with Gasteiger partial charge >= 0.3 is 6.18 Å². The van der Waals surface area contributed by atoms with E-state index in [2.05, 4.69) is 15.3 Å². The van der Waals surface area contributed by atoms with Crippen molar-refractivity contribution in [3.8, 4) is 17.0 Å². The Bertz CT molecular complexity index is 1750. The number of fused-ring (bicyclic) bond motifs is 1. The number of benzene rings is 1. The van der Waals surface area contributed by atoms with Crippen LogP contribution in [0.5, 0.6) is 5.75 Å². The predicted octanol–water partition coefficient (Wildman–Crippen LogP) is 3.98. The van der Waals surface area contributed by atoms with Crippen LogP contribution in [0.15, 0.2) is 42.7 Å². The first-order valence-corrected chi connectivity index (χ1v) is 13.6. The smallest absolute Gasteiger partial charge is 0.416 e. The molecule has 1 aliphatic rings. The number of nitrogens with zero attached hydrogens (tertiary/aromatic N) is 5. The molecule has 0 radical (unpaired) electrons. The normalized spacial score (nSPS) is 17.9. The van der Waals surface area contributed by atoms with E-state index in [9.17, 15) is 27.9 Å². The summed E-state index contributed by atoms with van der Waals surface area (Å²) in [4.78, 5) is 39.9. The molecule has 3 atom stereocenters. The number of imidazole rings is 1. The summed E-state index contributed by atoms with van der Waals surface area (Å²) in [6.07, 6.45) is -4.29. The number of pyridine rings is 1. The van der Waals surface area contributed by atoms with E-state index in [4.69, 9.17) is 31.8 Å². The number of carbonyl (C=O) groups excluding carboxylic acids is 2. The van der Waals surface area contributed by atoms with Crippen LogP contribution in [0.1, 0.15) is 41.7 Å². The number of ether oxygens (including phenoxy) is 2. The number of rotatable bonds is 6. The van der Waals surface area contributed by atoms with Crippen LogP contribution in [-0.2, 0) is 15.7 Å². The second kappa shape index (κ2) is 11.9. The quantitative estimate of drug-likeness (QED) is 0.286. The van der Waals surface area contributed by atoms with Crippen LogP contribution in [-0.4, -0.2) is 73.6 Å². The molecule has 0 bridgehead atoms. The van der Waals surface area contributed by atoms with Crippen LogP contribution in [0.25, 0.3) is 16.8 Å². The Morgan fingerprint density at radius 1 is 1.25 bits per heavy atom. The van der Waals surface area contributed by atoms with Gasteiger partial charge < -0.3 is 30.5 Å². The second-order valence-electron chi connectivity index (χ2n) is 10.1. The van der Waals surface area contributed by atoms with Gasteiger partial charge in [0.25, 0.3) is 11.8 Å². The lowest BCUT2D eigenvalue weighted by Crippen LogP contribution is -2.51. The van der Waals surface area contributed by atoms with Crippen molar-refractivity contribution in [3.63, 3.8) is 0 Å². The SMILES string of the molecule is COc1cc(C(=O)Nc2cc(C(F)(F)F)ccn2)ccc1-c1nc([C@H]2CN(C(=O)C(C)O)[C@@H](C)CO2)n2c(Cl)cnc(N)c12. The number of aromatic nitrogens is 4. The first kappa shape index (κ1) is 31.0. The number of morpholine rings is 1. The number of hydrogen-bond donors (Lipinski definition) is 3. The van der Waals surface area contributed by atoms with Crippen molar-refractivity contribution >= 4 is 40.6 Å². The minimum atomic E-state index is -4.61. The van der Waals surface area contributed by atoms with Crippen molar-refractivity contribution in [2.75, 3.05) is 31.3 Å². The Labute approximate surface area is 253 Å². The van der Waals surface area contributed by atoms with E-state index in [0.29, 0.717) is 16.9 Å². The van der Waals surface area contributed by atoms with Gasteiger partial charge in [-0.3, -0.25) is 14.0 Å². The number of alkyl halides is 3. The van der Waals surface area contributed by atoms with E-state index in [0.717, 1.165) is 18.3 Å². The zero-order chi connectivity index (χ0) is 31.9. The highest BCUT2D eigenvalue weighted by molar-refractivity contribution is 6.30. The molecule has 1 aliphatic heterocycles. The third-order valence-corrected chi connectivity index (χ3v) is 7.35. The Kier molecular flexibility index (Phi) is 8.38. The van der Waals surface area contributed by atoms with Gasteiger partial charge in [0.15, 0.2) is 0 Å². The van der Waals surface area contributed by atoms with E-state index >= 15 is 0 Å². The maximum atomic E-state index is 13.1. The van der Waals surface area contributed by atoms with Crippen LogP contribution >= 0.6 is 11.6 Å². The molecule has 1 fully saturated rings. The average Bonchev–Trinajstić information content (AvgIpc) is 3.40. The van der Waals surface area contributed by atoms with E-state index in [-0.39, 0.29) is 53.0 Å². The molecule has 1 aromatic carbocycles. The summed E-state index contributed by atoms with van der Waals surface area (Å²) in [6, 6.07) is 5.58. The molecule has 44 heavy (non-hydrogen) atoms. The summed E-state index contributed by atoms with van der Waals surface area (Å²) in [5.74, 6) is -0.905. The van der Waals surface area contributed by atoms with Crippen LogP contribution < -0.4 is 15.8 Å². The number of hydrogen-bond acceptors (Lipinski definition) is 9. The third-order valence-electron chi connectivity index (χ3n) is 7.08. The van der Waals surface area contributed by atoms with E-state index < -0.39 is 35.8 Å². The maximum Gasteiger partial charge on any atom is 0.416 e. The molecule has 0 aliphatic carbocycles. The first-order chi connectivity index (χ1) is 20.8. The lowest BCUT2D eigenvalue weighted by atomic mass is 10.1. The van der Waals surface area contributed by atoms with E-state index in [1.807, 2.05) is 0 Å². The van der Waals surface area contributed by atoms with Crippen molar-refractivity contribution in [1.82, 2.24) is 24.3 Å². The molecular formula is C28H27ClF3N7O5. The number of methoxy groups -OCH3 is 1. The minimum Gasteiger partial charge on any atom is -0.496 e. The van der Waals surface area contributed by atoms with Gasteiger partial charge in [0.1, 0.15) is 51.8 Å². The Morgan fingerprint density at radius 2 is 2.00 bits per heavy atom. The number of aliphatic hydroxyl groups excluding tert-OH is 1. The van der Waals surface area contributed by atoms with Crippen LogP contribution in [0.4, 0.5) is 24.8 Å². The molecule has 1 saturated heterocycles. The molecule has 1 unspecified atom stereocenters. The number of nitrogens with two attached hydrogens (primary N) is 1. The van der Waals surface area contributed by atoms with Gasteiger partial charge in [-0.1, -0.05) is 11.6 Å². The van der Waals surface area contributed by atoms with Gasteiger partial charge in [0.05, 0.1) is 38.1 Å². The maximum absolute atomic E-state index is 13.1. The summed E-state index contributed by atoms with van der Waals surface area (Å²) < 4.78 is 52.5. The fourth-order valence-electron chi connectivity index (χ4n) is 4.89. The molecule has 5 rings (SSSR count). The number of nitrogen functional groups attached to an aromatic ring is 1. The van der Waals surface area contributed by atoms with Crippen molar-refractivity contribution < 1.29 is 37.3 Å². The molecule has 0 saturated carbocycles. The average molecular weight is 634 g/mol. The number of amides is 2. The zero-order valence-corrected chi connectivity index (χ0v) is 24.3. The van der Waals surface area contributed by atoms with Crippen molar-refractivity contribution in [3.05, 3.63) is 64.8 Å². The van der Waals surface area contributed by atoms with Gasteiger partial charge in [-0.25, -0.2) is 15.0 Å². The highest BCUT2D eigenvalue weighted by atomic mass is 35.5. The third kappa shape index (κ3) is 5.85. The number of nitrogens with one attached hydrogen (secondary N) is 1. The van der Waals surface area contributed by atoms with E-state index in [1.165, 1.54) is 43.3 Å². The van der Waals surface area contributed by atoms with Crippen LogP contribution in [0.2, 0.25) is 5.15 Å². The molecule has 12 nitrogen and oxygen atoms in total. The summed E-state index contributed by atoms with van der Waals surface area (Å²) in [5.41, 5.74) is 6.37. The lowest BCUT2D eigenvalue weighted by molar-refractivity contribution is -0.152. The van der Waals surface area contributed by atoms with Crippen molar-refractivity contribution in [2.24, 2.45) is 0 Å². The number of halogens is 4. The van der Waals surface area contributed by atoms with Gasteiger partial charge in [-0.2, -0.15) is 13.2 Å². The van der Waals surface area contributed by atoms with Crippen LogP contribution in [0.3, 0.4) is 0 Å². The van der Waals surface area contributed by atoms with Crippen molar-refractivity contribution in [1.29, 1.82) is 0 Å². The lowest BCUT2D eigenvalue weighted by Gasteiger charge is -2.38. The largest absolute Gasteiger partial charge is 0.496 e. The van der Waals surface area contributed by atoms with Gasteiger partial charge in [-0.05, 0) is 44.2 Å². The number of aliphatic hydroxyl groups is 1. The molecule has 232 valence electrons. The molecule has 16 heteroatoms. The monoisotopic (exact) mass is 633 g/mol. The minimum absolute atomic E-state index is 0.0644. The molecular weight excluding hydrogens is 607 g/mol. The molecule has 3 aromatic heterocycles. The highest BCUT2D eigenvalue weighted by Crippen LogP contribution is 2.39. The summed E-state index contributed by atoms with van der Waals surface area (Å²) in [7, 11) is 1.37. The van der Waals surface area contributed by atoms with Crippen molar-refractivity contribution in [2.45, 2.75) is 38.3 Å². The summed E-state index contributed by atoms with van der Waals surface area (Å²) >= 11 is 6.56. The molecule has 0 spiro atoms. The zero-order valence-electron chi connectivity index (χ0n) is 23.6. The summed E-state index contributed by atoms with van der Waals surface area (Å²) in [6.45, 7) is 3.42. The Morgan fingerprint density at radius 3 is 2.68 bits per heavy atom. The fraction of sp³-hybridized carbons (Fsp3) is 0.321. The first-order valence-electron chi connectivity index (χ1n) is 13.3. The Balaban J connectivity index is 1.53. The topological polar surface area (TPSA) is 157 Å². The van der Waals surface area contributed by atoms with Crippen LogP contribution in [0, 0.1) is 0 Å². The molecule has 4 heterocycles. The molecule has 2 amide bonds. The van der Waals surface area contributed by atoms with Gasteiger partial charge in [-0.15, -0.1) is 0 Å². The second-order valence-corrected chi connectivity index (χ2v) is 10.5.